The van der Waals surface area contributed by atoms with Crippen LogP contribution >= 0.6 is 0 Å². The molecule has 2 nitrogen and oxygen atoms in total. The summed E-state index contributed by atoms with van der Waals surface area (Å²) in [6, 6.07) is 5.44. The Labute approximate surface area is 96.4 Å². The van der Waals surface area contributed by atoms with Gasteiger partial charge in [0.2, 0.25) is 0 Å². The smallest absolute Gasteiger partial charge is 0.428 e. The van der Waals surface area contributed by atoms with E-state index in [-0.39, 0.29) is 11.8 Å². The first kappa shape index (κ1) is 13.8. The predicted octanol–water partition coefficient (Wildman–Crippen LogP) is 2.81. The summed E-state index contributed by atoms with van der Waals surface area (Å²) >= 11 is 0. The summed E-state index contributed by atoms with van der Waals surface area (Å²) in [6.45, 7) is 1.75. The maximum Gasteiger partial charge on any atom is 0.461 e. The highest BCUT2D eigenvalue weighted by Gasteiger charge is 2.43. The molecular formula is C11H13F4NO. The molecule has 1 atom stereocenters. The minimum atomic E-state index is -4.48. The second kappa shape index (κ2) is 5.35. The summed E-state index contributed by atoms with van der Waals surface area (Å²) in [5.74, 6) is -0.298. The van der Waals surface area contributed by atoms with E-state index in [1.807, 2.05) is 0 Å². The van der Waals surface area contributed by atoms with E-state index in [2.05, 4.69) is 4.74 Å². The minimum absolute atomic E-state index is 0.152. The van der Waals surface area contributed by atoms with Crippen molar-refractivity contribution in [2.75, 3.05) is 0 Å². The van der Waals surface area contributed by atoms with Crippen LogP contribution in [0.25, 0.3) is 0 Å². The first-order valence-electron chi connectivity index (χ1n) is 5.01. The number of benzene rings is 1. The number of nitrogens with two attached hydrogens (primary N) is 1. The van der Waals surface area contributed by atoms with Crippen molar-refractivity contribution in [3.63, 3.8) is 0 Å². The van der Waals surface area contributed by atoms with Crippen molar-refractivity contribution in [1.82, 2.24) is 0 Å². The van der Waals surface area contributed by atoms with Gasteiger partial charge in [-0.2, -0.15) is 17.6 Å². The van der Waals surface area contributed by atoms with E-state index < -0.39 is 12.5 Å². The fraction of sp³-hybridized carbons (Fsp3) is 0.455. The molecule has 0 bridgehead atoms. The number of hydrogen-bond acceptors (Lipinski definition) is 2. The molecule has 0 amide bonds. The fourth-order valence-corrected chi connectivity index (χ4v) is 1.31. The average Bonchev–Trinajstić information content (AvgIpc) is 2.15. The average molecular weight is 251 g/mol. The lowest BCUT2D eigenvalue weighted by atomic mass is 10.1. The Hall–Kier alpha value is -1.30. The molecule has 0 fully saturated rings. The zero-order valence-electron chi connectivity index (χ0n) is 9.17. The molecule has 1 rings (SSSR count). The molecule has 6 heteroatoms. The van der Waals surface area contributed by atoms with Gasteiger partial charge in [0.1, 0.15) is 5.75 Å². The molecule has 0 aliphatic heterocycles. The van der Waals surface area contributed by atoms with Crippen LogP contribution in [0.15, 0.2) is 24.3 Å². The highest BCUT2D eigenvalue weighted by molar-refractivity contribution is 5.29. The van der Waals surface area contributed by atoms with Gasteiger partial charge in [-0.25, -0.2) is 0 Å². The molecule has 0 saturated carbocycles. The van der Waals surface area contributed by atoms with Gasteiger partial charge >= 0.3 is 12.5 Å². The van der Waals surface area contributed by atoms with E-state index in [4.69, 9.17) is 5.73 Å². The van der Waals surface area contributed by atoms with Gasteiger partial charge in [-0.3, -0.25) is 0 Å². The van der Waals surface area contributed by atoms with Gasteiger partial charge in [0.05, 0.1) is 0 Å². The first-order chi connectivity index (χ1) is 7.81. The van der Waals surface area contributed by atoms with Crippen molar-refractivity contribution < 1.29 is 22.3 Å². The van der Waals surface area contributed by atoms with Crippen LogP contribution in [-0.4, -0.2) is 18.6 Å². The van der Waals surface area contributed by atoms with Crippen LogP contribution in [0.5, 0.6) is 5.75 Å². The number of alkyl halides is 4. The molecule has 0 radical (unpaired) electrons. The zero-order chi connectivity index (χ0) is 13.1. The second-order valence-corrected chi connectivity index (χ2v) is 3.79. The van der Waals surface area contributed by atoms with E-state index in [1.54, 1.807) is 13.0 Å². The third-order valence-corrected chi connectivity index (χ3v) is 1.96. The summed E-state index contributed by atoms with van der Waals surface area (Å²) in [4.78, 5) is 0. The van der Waals surface area contributed by atoms with E-state index in [0.29, 0.717) is 12.0 Å². The normalized spacial score (nSPS) is 13.8. The summed E-state index contributed by atoms with van der Waals surface area (Å²) < 4.78 is 53.0. The maximum atomic E-state index is 12.6. The lowest BCUT2D eigenvalue weighted by molar-refractivity contribution is -0.253. The topological polar surface area (TPSA) is 35.2 Å². The fourth-order valence-electron chi connectivity index (χ4n) is 1.31. The highest BCUT2D eigenvalue weighted by Crippen LogP contribution is 2.27. The molecule has 1 aromatic rings. The zero-order valence-corrected chi connectivity index (χ0v) is 9.17. The van der Waals surface area contributed by atoms with Crippen LogP contribution in [0.4, 0.5) is 17.6 Å². The van der Waals surface area contributed by atoms with Crippen molar-refractivity contribution in [2.24, 2.45) is 5.73 Å². The maximum absolute atomic E-state index is 12.6. The summed E-state index contributed by atoms with van der Waals surface area (Å²) in [7, 11) is 0. The Balaban J connectivity index is 2.78. The monoisotopic (exact) mass is 251 g/mol. The molecule has 0 aromatic heterocycles. The van der Waals surface area contributed by atoms with Gasteiger partial charge in [0, 0.05) is 6.04 Å². The molecule has 0 aliphatic carbocycles. The van der Waals surface area contributed by atoms with Crippen LogP contribution in [-0.2, 0) is 6.42 Å². The predicted molar refractivity (Wildman–Crippen MR) is 55.4 cm³/mol. The number of hydrogen-bond donors (Lipinski definition) is 1. The van der Waals surface area contributed by atoms with Gasteiger partial charge in [-0.1, -0.05) is 12.1 Å². The van der Waals surface area contributed by atoms with Gasteiger partial charge in [-0.15, -0.1) is 0 Å². The van der Waals surface area contributed by atoms with E-state index in [9.17, 15) is 17.6 Å². The number of rotatable bonds is 5. The van der Waals surface area contributed by atoms with Crippen LogP contribution in [0.2, 0.25) is 0 Å². The van der Waals surface area contributed by atoms with Gasteiger partial charge in [0.25, 0.3) is 0 Å². The quantitative estimate of drug-likeness (QED) is 0.817. The number of halogens is 4. The largest absolute Gasteiger partial charge is 0.461 e. The van der Waals surface area contributed by atoms with Crippen molar-refractivity contribution >= 4 is 0 Å². The summed E-state index contributed by atoms with van der Waals surface area (Å²) in [5.41, 5.74) is 6.20. The Morgan fingerprint density at radius 1 is 1.35 bits per heavy atom. The molecule has 0 saturated heterocycles. The molecule has 96 valence electrons. The Morgan fingerprint density at radius 3 is 2.53 bits per heavy atom. The molecule has 0 aliphatic rings. The van der Waals surface area contributed by atoms with E-state index in [0.717, 1.165) is 0 Å². The Kier molecular flexibility index (Phi) is 4.34. The summed E-state index contributed by atoms with van der Waals surface area (Å²) in [5, 5.41) is 0. The second-order valence-electron chi connectivity index (χ2n) is 3.79. The lowest BCUT2D eigenvalue weighted by Gasteiger charge is -2.17. The number of ether oxygens (including phenoxy) is 1. The van der Waals surface area contributed by atoms with E-state index >= 15 is 0 Å². The van der Waals surface area contributed by atoms with Crippen LogP contribution in [0.1, 0.15) is 12.5 Å². The first-order valence-corrected chi connectivity index (χ1v) is 5.01. The summed E-state index contributed by atoms with van der Waals surface area (Å²) in [6.07, 6.45) is -7.88. The molecule has 2 N–H and O–H groups in total. The van der Waals surface area contributed by atoms with Crippen LogP contribution in [0.3, 0.4) is 0 Å². The van der Waals surface area contributed by atoms with Gasteiger partial charge in [-0.05, 0) is 31.0 Å². The molecule has 17 heavy (non-hydrogen) atoms. The highest BCUT2D eigenvalue weighted by atomic mass is 19.3. The molecular weight excluding hydrogens is 238 g/mol. The molecule has 1 unspecified atom stereocenters. The van der Waals surface area contributed by atoms with E-state index in [1.165, 1.54) is 18.2 Å². The van der Waals surface area contributed by atoms with Crippen molar-refractivity contribution in [3.8, 4) is 5.75 Å². The van der Waals surface area contributed by atoms with Gasteiger partial charge < -0.3 is 10.5 Å². The molecule has 1 aromatic carbocycles. The minimum Gasteiger partial charge on any atom is -0.428 e. The SMILES string of the molecule is CC(N)Cc1cccc(OC(F)(F)C(F)F)c1. The standard InChI is InChI=1S/C11H13F4NO/c1-7(16)5-8-3-2-4-9(6-8)17-11(14,15)10(12)13/h2-4,6-7,10H,5,16H2,1H3. The van der Waals surface area contributed by atoms with Crippen molar-refractivity contribution in [2.45, 2.75) is 31.9 Å². The van der Waals surface area contributed by atoms with Crippen molar-refractivity contribution in [3.05, 3.63) is 29.8 Å². The molecule has 0 spiro atoms. The molecule has 0 heterocycles. The lowest BCUT2D eigenvalue weighted by Crippen LogP contribution is -2.33. The third-order valence-electron chi connectivity index (χ3n) is 1.96. The van der Waals surface area contributed by atoms with Crippen LogP contribution in [0, 0.1) is 0 Å². The Morgan fingerprint density at radius 2 is 2.00 bits per heavy atom. The third kappa shape index (κ3) is 4.22. The van der Waals surface area contributed by atoms with Crippen LogP contribution < -0.4 is 10.5 Å². The van der Waals surface area contributed by atoms with Crippen molar-refractivity contribution in [1.29, 1.82) is 0 Å². The van der Waals surface area contributed by atoms with Gasteiger partial charge in [0.15, 0.2) is 0 Å². The Bertz CT molecular complexity index is 368.